The summed E-state index contributed by atoms with van der Waals surface area (Å²) in [6.45, 7) is 0. The molecular formula is C18H12F2N2. The number of benzene rings is 1. The van der Waals surface area contributed by atoms with Crippen LogP contribution in [0.3, 0.4) is 0 Å². The first-order valence-corrected chi connectivity index (χ1v) is 6.73. The molecule has 3 aromatic rings. The van der Waals surface area contributed by atoms with E-state index in [4.69, 9.17) is 0 Å². The summed E-state index contributed by atoms with van der Waals surface area (Å²) in [5, 5.41) is 0. The Kier molecular flexibility index (Phi) is 4.01. The fourth-order valence-corrected chi connectivity index (χ4v) is 1.99. The van der Waals surface area contributed by atoms with Crippen molar-refractivity contribution in [2.24, 2.45) is 0 Å². The minimum atomic E-state index is -0.589. The van der Waals surface area contributed by atoms with Crippen LogP contribution in [0.4, 0.5) is 8.78 Å². The van der Waals surface area contributed by atoms with Crippen molar-refractivity contribution in [1.82, 2.24) is 9.97 Å². The lowest BCUT2D eigenvalue weighted by molar-refractivity contribution is 0.581. The van der Waals surface area contributed by atoms with E-state index >= 15 is 0 Å². The molecule has 1 aromatic carbocycles. The molecule has 0 unspecified atom stereocenters. The van der Waals surface area contributed by atoms with Gasteiger partial charge in [-0.05, 0) is 35.9 Å². The second-order valence-corrected chi connectivity index (χ2v) is 4.69. The van der Waals surface area contributed by atoms with Crippen molar-refractivity contribution in [2.45, 2.75) is 0 Å². The van der Waals surface area contributed by atoms with E-state index < -0.39 is 11.6 Å². The third-order valence-electron chi connectivity index (χ3n) is 3.13. The fourth-order valence-electron chi connectivity index (χ4n) is 1.99. The van der Waals surface area contributed by atoms with Gasteiger partial charge in [0, 0.05) is 24.0 Å². The zero-order chi connectivity index (χ0) is 15.4. The van der Waals surface area contributed by atoms with Gasteiger partial charge in [-0.2, -0.15) is 0 Å². The minimum absolute atomic E-state index is 0.329. The number of pyridine rings is 2. The van der Waals surface area contributed by atoms with Crippen molar-refractivity contribution >= 4 is 12.2 Å². The number of hydrogen-bond acceptors (Lipinski definition) is 2. The van der Waals surface area contributed by atoms with Crippen LogP contribution in [-0.2, 0) is 0 Å². The summed E-state index contributed by atoms with van der Waals surface area (Å²) in [6, 6.07) is 12.8. The molecule has 0 bridgehead atoms. The lowest BCUT2D eigenvalue weighted by Gasteiger charge is -2.00. The van der Waals surface area contributed by atoms with Gasteiger partial charge < -0.3 is 0 Å². The molecule has 0 saturated heterocycles. The second kappa shape index (κ2) is 6.26. The van der Waals surface area contributed by atoms with Gasteiger partial charge >= 0.3 is 0 Å². The highest BCUT2D eigenvalue weighted by Crippen LogP contribution is 2.16. The van der Waals surface area contributed by atoms with Crippen molar-refractivity contribution in [3.8, 4) is 11.4 Å². The number of hydrogen-bond donors (Lipinski definition) is 0. The van der Waals surface area contributed by atoms with Crippen molar-refractivity contribution in [3.05, 3.63) is 83.7 Å². The molecule has 4 heteroatoms. The zero-order valence-corrected chi connectivity index (χ0v) is 11.6. The summed E-state index contributed by atoms with van der Waals surface area (Å²) in [5.41, 5.74) is 2.71. The van der Waals surface area contributed by atoms with E-state index in [9.17, 15) is 8.78 Å². The predicted molar refractivity (Wildman–Crippen MR) is 82.8 cm³/mol. The highest BCUT2D eigenvalue weighted by molar-refractivity contribution is 5.70. The Balaban J connectivity index is 1.80. The Hall–Kier alpha value is -2.88. The molecule has 0 aliphatic carbocycles. The molecular weight excluding hydrogens is 282 g/mol. The quantitative estimate of drug-likeness (QED) is 0.706. The van der Waals surface area contributed by atoms with E-state index in [2.05, 4.69) is 9.97 Å². The molecule has 0 fully saturated rings. The van der Waals surface area contributed by atoms with Crippen LogP contribution in [0.25, 0.3) is 23.5 Å². The van der Waals surface area contributed by atoms with Crippen LogP contribution in [0, 0.1) is 11.6 Å². The third kappa shape index (κ3) is 3.23. The number of rotatable bonds is 3. The molecule has 2 nitrogen and oxygen atoms in total. The van der Waals surface area contributed by atoms with Crippen LogP contribution in [0.2, 0.25) is 0 Å². The van der Waals surface area contributed by atoms with Gasteiger partial charge in [-0.3, -0.25) is 9.97 Å². The van der Waals surface area contributed by atoms with E-state index in [0.717, 1.165) is 23.0 Å². The maximum atomic E-state index is 13.5. The maximum absolute atomic E-state index is 13.5. The average Bonchev–Trinajstić information content (AvgIpc) is 2.55. The van der Waals surface area contributed by atoms with Crippen LogP contribution in [0.5, 0.6) is 0 Å². The topological polar surface area (TPSA) is 25.8 Å². The Labute approximate surface area is 126 Å². The largest absolute Gasteiger partial charge is 0.255 e. The lowest BCUT2D eigenvalue weighted by atomic mass is 10.1. The summed E-state index contributed by atoms with van der Waals surface area (Å²) in [5.74, 6) is -1.18. The van der Waals surface area contributed by atoms with Gasteiger partial charge in [-0.15, -0.1) is 0 Å². The van der Waals surface area contributed by atoms with Gasteiger partial charge in [-0.1, -0.05) is 24.3 Å². The molecule has 0 saturated carbocycles. The highest BCUT2D eigenvalue weighted by Gasteiger charge is 2.01. The van der Waals surface area contributed by atoms with E-state index in [-0.39, 0.29) is 0 Å². The molecule has 22 heavy (non-hydrogen) atoms. The van der Waals surface area contributed by atoms with Gasteiger partial charge in [0.15, 0.2) is 0 Å². The molecule has 2 aromatic heterocycles. The Bertz CT molecular complexity index is 797. The Morgan fingerprint density at radius 1 is 0.818 bits per heavy atom. The first-order chi connectivity index (χ1) is 10.7. The van der Waals surface area contributed by atoms with Crippen molar-refractivity contribution < 1.29 is 8.78 Å². The van der Waals surface area contributed by atoms with E-state index in [1.807, 2.05) is 30.3 Å². The number of nitrogens with zero attached hydrogens (tertiary/aromatic N) is 2. The smallest absolute Gasteiger partial charge is 0.133 e. The second-order valence-electron chi connectivity index (χ2n) is 4.69. The number of aromatic nitrogens is 2. The Morgan fingerprint density at radius 3 is 2.36 bits per heavy atom. The van der Waals surface area contributed by atoms with Crippen molar-refractivity contribution in [3.63, 3.8) is 0 Å². The van der Waals surface area contributed by atoms with E-state index in [1.165, 1.54) is 12.1 Å². The third-order valence-corrected chi connectivity index (χ3v) is 3.13. The van der Waals surface area contributed by atoms with Crippen LogP contribution in [0.15, 0.2) is 60.9 Å². The molecule has 3 rings (SSSR count). The van der Waals surface area contributed by atoms with Crippen molar-refractivity contribution in [2.75, 3.05) is 0 Å². The summed E-state index contributed by atoms with van der Waals surface area (Å²) in [4.78, 5) is 8.56. The van der Waals surface area contributed by atoms with Gasteiger partial charge in [-0.25, -0.2) is 8.78 Å². The van der Waals surface area contributed by atoms with Crippen molar-refractivity contribution in [1.29, 1.82) is 0 Å². The number of halogens is 2. The fraction of sp³-hybridized carbons (Fsp3) is 0. The molecule has 0 radical (unpaired) electrons. The van der Waals surface area contributed by atoms with Crippen LogP contribution in [-0.4, -0.2) is 9.97 Å². The molecule has 0 amide bonds. The molecule has 0 spiro atoms. The molecule has 0 atom stereocenters. The standard InChI is InChI=1S/C18H12F2N2/c19-15-8-7-14(16(20)11-15)6-4-13-5-9-18(22-12-13)17-3-1-2-10-21-17/h1-12H/b6-4-. The summed E-state index contributed by atoms with van der Waals surface area (Å²) >= 11 is 0. The molecule has 2 heterocycles. The lowest BCUT2D eigenvalue weighted by Crippen LogP contribution is -1.87. The van der Waals surface area contributed by atoms with E-state index in [1.54, 1.807) is 24.5 Å². The first-order valence-electron chi connectivity index (χ1n) is 6.73. The minimum Gasteiger partial charge on any atom is -0.255 e. The Morgan fingerprint density at radius 2 is 1.68 bits per heavy atom. The zero-order valence-electron chi connectivity index (χ0n) is 11.6. The predicted octanol–water partition coefficient (Wildman–Crippen LogP) is 4.59. The molecule has 108 valence electrons. The average molecular weight is 294 g/mol. The monoisotopic (exact) mass is 294 g/mol. The van der Waals surface area contributed by atoms with Gasteiger partial charge in [0.1, 0.15) is 11.6 Å². The van der Waals surface area contributed by atoms with Gasteiger partial charge in [0.05, 0.1) is 11.4 Å². The van der Waals surface area contributed by atoms with Gasteiger partial charge in [0.2, 0.25) is 0 Å². The summed E-state index contributed by atoms with van der Waals surface area (Å²) in [7, 11) is 0. The maximum Gasteiger partial charge on any atom is 0.133 e. The normalized spacial score (nSPS) is 11.0. The molecule has 0 N–H and O–H groups in total. The molecule has 0 aliphatic heterocycles. The highest BCUT2D eigenvalue weighted by atomic mass is 19.1. The molecule has 0 aliphatic rings. The van der Waals surface area contributed by atoms with Crippen LogP contribution in [0.1, 0.15) is 11.1 Å². The SMILES string of the molecule is Fc1ccc(/C=C\c2ccc(-c3ccccn3)nc2)c(F)c1. The van der Waals surface area contributed by atoms with Crippen LogP contribution >= 0.6 is 0 Å². The van der Waals surface area contributed by atoms with E-state index in [0.29, 0.717) is 5.56 Å². The van der Waals surface area contributed by atoms with Crippen LogP contribution < -0.4 is 0 Å². The first kappa shape index (κ1) is 14.1. The summed E-state index contributed by atoms with van der Waals surface area (Å²) in [6.07, 6.45) is 6.71. The van der Waals surface area contributed by atoms with Gasteiger partial charge in [0.25, 0.3) is 0 Å². The summed E-state index contributed by atoms with van der Waals surface area (Å²) < 4.78 is 26.4.